The van der Waals surface area contributed by atoms with Crippen LogP contribution in [0.5, 0.6) is 23.0 Å². The van der Waals surface area contributed by atoms with E-state index >= 15 is 0 Å². The normalized spacial score (nSPS) is 16.3. The Kier molecular flexibility index (Phi) is 7.78. The molecule has 4 aromatic rings. The van der Waals surface area contributed by atoms with Gasteiger partial charge in [0.05, 0.1) is 25.8 Å². The summed E-state index contributed by atoms with van der Waals surface area (Å²) in [5.74, 6) is 0.951. The number of hydrogen-bond acceptors (Lipinski definition) is 9. The SMILES string of the molecule is COc1cccc([C@@H](C(=O)NC[C@H]2CCCO2)N(C(=O)Cn2nnc3ccccc32)c2ccc3c(c2)OCO3)c1OC. The van der Waals surface area contributed by atoms with Crippen LogP contribution in [0.1, 0.15) is 24.4 Å². The fourth-order valence-corrected chi connectivity index (χ4v) is 5.35. The molecule has 2 atom stereocenters. The van der Waals surface area contributed by atoms with Crippen molar-refractivity contribution in [1.29, 1.82) is 0 Å². The lowest BCUT2D eigenvalue weighted by atomic mass is 10.0. The topological polar surface area (TPSA) is 126 Å². The zero-order chi connectivity index (χ0) is 29.1. The van der Waals surface area contributed by atoms with Crippen molar-refractivity contribution in [2.45, 2.75) is 31.5 Å². The summed E-state index contributed by atoms with van der Waals surface area (Å²) in [7, 11) is 3.02. The quantitative estimate of drug-likeness (QED) is 0.304. The highest BCUT2D eigenvalue weighted by molar-refractivity contribution is 6.02. The van der Waals surface area contributed by atoms with Gasteiger partial charge in [-0.15, -0.1) is 5.10 Å². The van der Waals surface area contributed by atoms with Gasteiger partial charge in [-0.3, -0.25) is 14.5 Å². The van der Waals surface area contributed by atoms with Crippen molar-refractivity contribution in [1.82, 2.24) is 20.3 Å². The van der Waals surface area contributed by atoms with Gasteiger partial charge >= 0.3 is 0 Å². The van der Waals surface area contributed by atoms with Crippen LogP contribution >= 0.6 is 0 Å². The standard InChI is InChI=1S/C30H31N5O7/c1-38-25-11-5-8-21(29(25)39-2)28(30(37)31-16-20-7-6-14-40-20)35(19-12-13-24-26(15-19)42-18-41-24)27(36)17-34-23-10-4-3-9-22(23)32-33-34/h3-5,8-13,15,20,28H,6-7,14,16-18H2,1-2H3,(H,31,37)/t20-,28+/m1/s1. The second-order valence-electron chi connectivity index (χ2n) is 9.90. The fraction of sp³-hybridized carbons (Fsp3) is 0.333. The molecule has 1 aromatic heterocycles. The van der Waals surface area contributed by atoms with E-state index in [1.165, 1.54) is 23.8 Å². The number of para-hydroxylation sites is 2. The van der Waals surface area contributed by atoms with Gasteiger partial charge in [-0.1, -0.05) is 29.5 Å². The third kappa shape index (κ3) is 5.28. The minimum atomic E-state index is -1.15. The lowest BCUT2D eigenvalue weighted by Crippen LogP contribution is -2.46. The van der Waals surface area contributed by atoms with Crippen LogP contribution in [0.4, 0.5) is 5.69 Å². The van der Waals surface area contributed by atoms with Crippen LogP contribution < -0.4 is 29.2 Å². The Labute approximate surface area is 242 Å². The molecule has 3 heterocycles. The Morgan fingerprint density at radius 2 is 1.93 bits per heavy atom. The molecule has 6 rings (SSSR count). The molecular formula is C30H31N5O7. The molecule has 1 N–H and O–H groups in total. The van der Waals surface area contributed by atoms with Crippen LogP contribution in [0.3, 0.4) is 0 Å². The van der Waals surface area contributed by atoms with E-state index in [0.717, 1.165) is 12.8 Å². The van der Waals surface area contributed by atoms with Crippen molar-refractivity contribution in [3.63, 3.8) is 0 Å². The molecule has 0 bridgehead atoms. The highest BCUT2D eigenvalue weighted by Gasteiger charge is 2.37. The van der Waals surface area contributed by atoms with Crippen molar-refractivity contribution in [3.05, 3.63) is 66.2 Å². The summed E-state index contributed by atoms with van der Waals surface area (Å²) in [6.45, 7) is 0.837. The summed E-state index contributed by atoms with van der Waals surface area (Å²) in [5.41, 5.74) is 2.21. The number of carbonyl (C=O) groups is 2. The monoisotopic (exact) mass is 573 g/mol. The molecule has 1 fully saturated rings. The van der Waals surface area contributed by atoms with Gasteiger partial charge in [-0.25, -0.2) is 4.68 Å². The molecule has 1 saturated heterocycles. The molecule has 0 unspecified atom stereocenters. The van der Waals surface area contributed by atoms with E-state index in [2.05, 4.69) is 15.6 Å². The molecule has 3 aromatic carbocycles. The van der Waals surface area contributed by atoms with E-state index in [1.807, 2.05) is 24.3 Å². The van der Waals surface area contributed by atoms with Gasteiger partial charge in [0.2, 0.25) is 18.6 Å². The maximum absolute atomic E-state index is 14.4. The molecule has 2 amide bonds. The third-order valence-electron chi connectivity index (χ3n) is 7.37. The first-order valence-electron chi connectivity index (χ1n) is 13.7. The summed E-state index contributed by atoms with van der Waals surface area (Å²) in [6, 6.07) is 16.6. The number of nitrogens with one attached hydrogen (secondary N) is 1. The first-order valence-corrected chi connectivity index (χ1v) is 13.7. The van der Waals surface area contributed by atoms with Gasteiger partial charge in [0, 0.05) is 30.5 Å². The van der Waals surface area contributed by atoms with Gasteiger partial charge < -0.3 is 29.0 Å². The smallest absolute Gasteiger partial charge is 0.249 e. The molecule has 0 spiro atoms. The molecule has 0 aliphatic carbocycles. The van der Waals surface area contributed by atoms with Gasteiger partial charge in [0.25, 0.3) is 0 Å². The number of benzene rings is 3. The Balaban J connectivity index is 1.46. The highest BCUT2D eigenvalue weighted by Crippen LogP contribution is 2.42. The van der Waals surface area contributed by atoms with Crippen molar-refractivity contribution in [2.24, 2.45) is 0 Å². The van der Waals surface area contributed by atoms with Crippen molar-refractivity contribution in [3.8, 4) is 23.0 Å². The van der Waals surface area contributed by atoms with E-state index in [-0.39, 0.29) is 19.4 Å². The molecule has 2 aliphatic rings. The summed E-state index contributed by atoms with van der Waals surface area (Å²) in [4.78, 5) is 30.0. The van der Waals surface area contributed by atoms with E-state index in [0.29, 0.717) is 58.4 Å². The molecular weight excluding hydrogens is 542 g/mol. The van der Waals surface area contributed by atoms with Crippen LogP contribution in [0.25, 0.3) is 11.0 Å². The molecule has 12 nitrogen and oxygen atoms in total. The molecule has 218 valence electrons. The number of carbonyl (C=O) groups excluding carboxylic acids is 2. The lowest BCUT2D eigenvalue weighted by molar-refractivity contribution is -0.127. The van der Waals surface area contributed by atoms with E-state index in [4.69, 9.17) is 23.7 Å². The zero-order valence-electron chi connectivity index (χ0n) is 23.3. The minimum Gasteiger partial charge on any atom is -0.493 e. The number of hydrogen-bond donors (Lipinski definition) is 1. The Hall–Kier alpha value is -4.84. The highest BCUT2D eigenvalue weighted by atomic mass is 16.7. The number of ether oxygens (including phenoxy) is 5. The Bertz CT molecular complexity index is 1600. The van der Waals surface area contributed by atoms with Gasteiger partial charge in [-0.2, -0.15) is 0 Å². The number of rotatable bonds is 10. The van der Waals surface area contributed by atoms with Gasteiger partial charge in [0.1, 0.15) is 18.1 Å². The minimum absolute atomic E-state index is 0.0622. The van der Waals surface area contributed by atoms with Crippen LogP contribution in [-0.4, -0.2) is 67.1 Å². The number of aromatic nitrogens is 3. The molecule has 0 saturated carbocycles. The largest absolute Gasteiger partial charge is 0.493 e. The van der Waals surface area contributed by atoms with Crippen LogP contribution in [-0.2, 0) is 20.9 Å². The number of anilines is 1. The summed E-state index contributed by atoms with van der Waals surface area (Å²) >= 11 is 0. The second kappa shape index (κ2) is 12.0. The second-order valence-corrected chi connectivity index (χ2v) is 9.90. The third-order valence-corrected chi connectivity index (χ3v) is 7.37. The summed E-state index contributed by atoms with van der Waals surface area (Å²) in [6.07, 6.45) is 1.68. The van der Waals surface area contributed by atoms with Crippen molar-refractivity contribution >= 4 is 28.5 Å². The van der Waals surface area contributed by atoms with Crippen molar-refractivity contribution in [2.75, 3.05) is 39.1 Å². The first kappa shape index (κ1) is 27.3. The molecule has 0 radical (unpaired) electrons. The number of fused-ring (bicyclic) bond motifs is 2. The molecule has 2 aliphatic heterocycles. The van der Waals surface area contributed by atoms with Gasteiger partial charge in [-0.05, 0) is 43.2 Å². The lowest BCUT2D eigenvalue weighted by Gasteiger charge is -2.33. The average Bonchev–Trinajstić information content (AvgIpc) is 3.79. The summed E-state index contributed by atoms with van der Waals surface area (Å²) < 4.78 is 29.7. The summed E-state index contributed by atoms with van der Waals surface area (Å²) in [5, 5.41) is 11.4. The van der Waals surface area contributed by atoms with Gasteiger partial charge in [0.15, 0.2) is 23.0 Å². The van der Waals surface area contributed by atoms with E-state index in [9.17, 15) is 9.59 Å². The molecule has 12 heteroatoms. The predicted octanol–water partition coefficient (Wildman–Crippen LogP) is 3.25. The zero-order valence-corrected chi connectivity index (χ0v) is 23.3. The van der Waals surface area contributed by atoms with Crippen LogP contribution in [0.15, 0.2) is 60.7 Å². The number of amides is 2. The van der Waals surface area contributed by atoms with Crippen LogP contribution in [0, 0.1) is 0 Å². The fourth-order valence-electron chi connectivity index (χ4n) is 5.35. The van der Waals surface area contributed by atoms with Crippen LogP contribution in [0.2, 0.25) is 0 Å². The van der Waals surface area contributed by atoms with Crippen molar-refractivity contribution < 1.29 is 33.3 Å². The number of methoxy groups -OCH3 is 2. The molecule has 42 heavy (non-hydrogen) atoms. The number of nitrogens with zero attached hydrogens (tertiary/aromatic N) is 4. The Morgan fingerprint density at radius 3 is 2.74 bits per heavy atom. The van der Waals surface area contributed by atoms with E-state index in [1.54, 1.807) is 36.4 Å². The maximum Gasteiger partial charge on any atom is 0.249 e. The van der Waals surface area contributed by atoms with E-state index < -0.39 is 17.9 Å². The average molecular weight is 574 g/mol. The maximum atomic E-state index is 14.4. The Morgan fingerprint density at radius 1 is 1.07 bits per heavy atom. The predicted molar refractivity (Wildman–Crippen MR) is 152 cm³/mol. The first-order chi connectivity index (χ1) is 20.6.